The Balaban J connectivity index is 2.99. The molecule has 1 aliphatic rings. The summed E-state index contributed by atoms with van der Waals surface area (Å²) in [6, 6.07) is -0.497. The zero-order chi connectivity index (χ0) is 13.1. The van der Waals surface area contributed by atoms with Gasteiger partial charge in [-0.15, -0.1) is 0 Å². The fourth-order valence-electron chi connectivity index (χ4n) is 2.04. The fourth-order valence-corrected chi connectivity index (χ4v) is 3.08. The van der Waals surface area contributed by atoms with Crippen LogP contribution in [0, 0.1) is 0 Å². The Morgan fingerprint density at radius 1 is 1.65 bits per heavy atom. The molecular formula is C10H19N4O2P. The first-order chi connectivity index (χ1) is 7.87. The number of methoxy groups -OCH3 is 1. The molecule has 0 fully saturated rings. The maximum Gasteiger partial charge on any atom is 0.142 e. The Kier molecular flexibility index (Phi) is 4.78. The van der Waals surface area contributed by atoms with Gasteiger partial charge in [0.05, 0.1) is 18.2 Å². The van der Waals surface area contributed by atoms with Gasteiger partial charge in [-0.05, 0) is 18.9 Å². The second kappa shape index (κ2) is 5.69. The van der Waals surface area contributed by atoms with Gasteiger partial charge in [0.1, 0.15) is 7.29 Å². The first-order valence-electron chi connectivity index (χ1n) is 5.44. The molecule has 0 aromatic heterocycles. The summed E-state index contributed by atoms with van der Waals surface area (Å²) in [6.45, 7) is 5.27. The van der Waals surface area contributed by atoms with Crippen molar-refractivity contribution in [1.82, 2.24) is 5.09 Å². The minimum Gasteiger partial charge on any atom is -0.376 e. The highest BCUT2D eigenvalue weighted by Crippen LogP contribution is 2.35. The van der Waals surface area contributed by atoms with Crippen molar-refractivity contribution in [2.24, 2.45) is 5.11 Å². The molecule has 0 aromatic rings. The van der Waals surface area contributed by atoms with Gasteiger partial charge >= 0.3 is 0 Å². The molecule has 0 aliphatic heterocycles. The van der Waals surface area contributed by atoms with E-state index < -0.39 is 7.29 Å². The number of rotatable bonds is 4. The van der Waals surface area contributed by atoms with Gasteiger partial charge in [0, 0.05) is 25.4 Å². The van der Waals surface area contributed by atoms with Crippen LogP contribution in [0.25, 0.3) is 10.4 Å². The molecule has 3 atom stereocenters. The highest BCUT2D eigenvalue weighted by atomic mass is 31.2. The minimum atomic E-state index is -2.41. The first kappa shape index (κ1) is 14.3. The molecule has 1 aliphatic carbocycles. The summed E-state index contributed by atoms with van der Waals surface area (Å²) >= 11 is 0. The summed E-state index contributed by atoms with van der Waals surface area (Å²) in [4.78, 5) is 2.86. The average Bonchev–Trinajstić information content (AvgIpc) is 2.20. The molecule has 96 valence electrons. The summed E-state index contributed by atoms with van der Waals surface area (Å²) < 4.78 is 17.2. The van der Waals surface area contributed by atoms with Crippen LogP contribution in [-0.2, 0) is 9.30 Å². The Morgan fingerprint density at radius 3 is 2.76 bits per heavy atom. The molecule has 0 spiro atoms. The third-order valence-corrected chi connectivity index (χ3v) is 3.60. The summed E-state index contributed by atoms with van der Waals surface area (Å²) in [7, 11) is -0.813. The second-order valence-corrected chi connectivity index (χ2v) is 7.66. The molecule has 0 amide bonds. The SMILES string of the molecule is CO[C@@H]1C=C(C)C[C@H](N=[N+]=[N-])[C@H]1NP(C)(C)=O. The van der Waals surface area contributed by atoms with Crippen LogP contribution in [0.3, 0.4) is 0 Å². The molecule has 7 heteroatoms. The standard InChI is InChI=1S/C10H19N4O2P/c1-7-5-8(12-14-11)10(9(6-7)16-2)13-17(3,4)15/h6,8-10H,5H2,1-4H3,(H,13,15)/t8-,9+,10+/m0/s1. The van der Waals surface area contributed by atoms with Gasteiger partial charge < -0.3 is 9.30 Å². The zero-order valence-electron chi connectivity index (χ0n) is 10.6. The monoisotopic (exact) mass is 258 g/mol. The quantitative estimate of drug-likeness (QED) is 0.276. The van der Waals surface area contributed by atoms with Crippen LogP contribution in [-0.4, -0.2) is 38.6 Å². The predicted octanol–water partition coefficient (Wildman–Crippen LogP) is 2.53. The highest BCUT2D eigenvalue weighted by Gasteiger charge is 2.34. The average molecular weight is 258 g/mol. The van der Waals surface area contributed by atoms with Crippen molar-refractivity contribution < 1.29 is 9.30 Å². The Hall–Kier alpha value is -0.800. The van der Waals surface area contributed by atoms with E-state index in [0.717, 1.165) is 5.57 Å². The number of nitrogens with zero attached hydrogens (tertiary/aromatic N) is 3. The number of azide groups is 1. The van der Waals surface area contributed by atoms with E-state index in [0.29, 0.717) is 6.42 Å². The lowest BCUT2D eigenvalue weighted by atomic mass is 9.90. The van der Waals surface area contributed by atoms with E-state index in [-0.39, 0.29) is 18.2 Å². The zero-order valence-corrected chi connectivity index (χ0v) is 11.5. The number of hydrogen-bond donors (Lipinski definition) is 1. The first-order valence-corrected chi connectivity index (χ1v) is 8.04. The Morgan fingerprint density at radius 2 is 2.29 bits per heavy atom. The van der Waals surface area contributed by atoms with E-state index in [1.165, 1.54) is 0 Å². The van der Waals surface area contributed by atoms with E-state index in [1.807, 2.05) is 13.0 Å². The number of hydrogen-bond acceptors (Lipinski definition) is 3. The van der Waals surface area contributed by atoms with Crippen LogP contribution >= 0.6 is 7.29 Å². The lowest BCUT2D eigenvalue weighted by molar-refractivity contribution is 0.0973. The van der Waals surface area contributed by atoms with E-state index in [2.05, 4.69) is 15.1 Å². The third kappa shape index (κ3) is 4.17. The molecule has 0 aromatic carbocycles. The molecule has 6 nitrogen and oxygen atoms in total. The van der Waals surface area contributed by atoms with Gasteiger partial charge in [0.15, 0.2) is 0 Å². The second-order valence-electron chi connectivity index (χ2n) is 4.70. The van der Waals surface area contributed by atoms with Crippen molar-refractivity contribution >= 4 is 7.29 Å². The van der Waals surface area contributed by atoms with E-state index in [4.69, 9.17) is 10.3 Å². The van der Waals surface area contributed by atoms with Crippen molar-refractivity contribution in [3.05, 3.63) is 22.1 Å². The highest BCUT2D eigenvalue weighted by molar-refractivity contribution is 7.60. The van der Waals surface area contributed by atoms with Crippen molar-refractivity contribution in [2.75, 3.05) is 20.4 Å². The van der Waals surface area contributed by atoms with Gasteiger partial charge in [-0.1, -0.05) is 16.8 Å². The fraction of sp³-hybridized carbons (Fsp3) is 0.800. The Bertz CT molecular complexity index is 397. The largest absolute Gasteiger partial charge is 0.376 e. The van der Waals surface area contributed by atoms with E-state index in [1.54, 1.807) is 20.4 Å². The molecule has 1 N–H and O–H groups in total. The predicted molar refractivity (Wildman–Crippen MR) is 68.5 cm³/mol. The van der Waals surface area contributed by atoms with Crippen LogP contribution < -0.4 is 5.09 Å². The van der Waals surface area contributed by atoms with Crippen molar-refractivity contribution in [3.63, 3.8) is 0 Å². The summed E-state index contributed by atoms with van der Waals surface area (Å²) in [5.74, 6) is 0. The molecule has 17 heavy (non-hydrogen) atoms. The van der Waals surface area contributed by atoms with Gasteiger partial charge in [0.2, 0.25) is 0 Å². The summed E-state index contributed by atoms with van der Waals surface area (Å²) in [5.41, 5.74) is 9.70. The van der Waals surface area contributed by atoms with Crippen LogP contribution in [0.1, 0.15) is 13.3 Å². The van der Waals surface area contributed by atoms with Crippen molar-refractivity contribution in [3.8, 4) is 0 Å². The lowest BCUT2D eigenvalue weighted by Crippen LogP contribution is -2.48. The van der Waals surface area contributed by atoms with Gasteiger partial charge in [-0.2, -0.15) is 0 Å². The van der Waals surface area contributed by atoms with Crippen molar-refractivity contribution in [1.29, 1.82) is 0 Å². The van der Waals surface area contributed by atoms with Crippen LogP contribution in [0.5, 0.6) is 0 Å². The van der Waals surface area contributed by atoms with Crippen LogP contribution in [0.15, 0.2) is 16.8 Å². The van der Waals surface area contributed by atoms with Gasteiger partial charge in [-0.3, -0.25) is 5.09 Å². The summed E-state index contributed by atoms with van der Waals surface area (Å²) in [5, 5.41) is 6.81. The minimum absolute atomic E-state index is 0.215. The van der Waals surface area contributed by atoms with Crippen LogP contribution in [0.2, 0.25) is 0 Å². The number of nitrogens with one attached hydrogen (secondary N) is 1. The molecule has 0 bridgehead atoms. The summed E-state index contributed by atoms with van der Waals surface area (Å²) in [6.07, 6.45) is 2.44. The van der Waals surface area contributed by atoms with E-state index >= 15 is 0 Å². The maximum absolute atomic E-state index is 11.9. The molecule has 0 saturated heterocycles. The van der Waals surface area contributed by atoms with E-state index in [9.17, 15) is 4.57 Å². The van der Waals surface area contributed by atoms with Crippen LogP contribution in [0.4, 0.5) is 0 Å². The molecule has 1 rings (SSSR count). The maximum atomic E-state index is 11.9. The van der Waals surface area contributed by atoms with Gasteiger partial charge in [0.25, 0.3) is 0 Å². The molecular weight excluding hydrogens is 239 g/mol. The normalized spacial score (nSPS) is 29.4. The smallest absolute Gasteiger partial charge is 0.142 e. The number of ether oxygens (including phenoxy) is 1. The van der Waals surface area contributed by atoms with Crippen molar-refractivity contribution in [2.45, 2.75) is 31.5 Å². The third-order valence-electron chi connectivity index (χ3n) is 2.68. The lowest BCUT2D eigenvalue weighted by Gasteiger charge is -2.35. The van der Waals surface area contributed by atoms with Gasteiger partial charge in [-0.25, -0.2) is 0 Å². The molecule has 0 heterocycles. The topological polar surface area (TPSA) is 87.1 Å². The molecule has 0 radical (unpaired) electrons. The Labute approximate surface area is 101 Å². The molecule has 0 saturated carbocycles. The molecule has 0 unspecified atom stereocenters.